The van der Waals surface area contributed by atoms with Crippen LogP contribution in [-0.2, 0) is 16.6 Å². The molecule has 0 fully saturated rings. The van der Waals surface area contributed by atoms with Gasteiger partial charge in [-0.1, -0.05) is 25.5 Å². The van der Waals surface area contributed by atoms with Crippen LogP contribution in [0, 0.1) is 0 Å². The molecule has 4 nitrogen and oxygen atoms in total. The molecule has 0 saturated carbocycles. The van der Waals surface area contributed by atoms with Gasteiger partial charge in [-0.3, -0.25) is 0 Å². The summed E-state index contributed by atoms with van der Waals surface area (Å²) in [6, 6.07) is 6.70. The van der Waals surface area contributed by atoms with Crippen LogP contribution in [0.15, 0.2) is 29.2 Å². The number of hydrogen-bond donors (Lipinski definition) is 2. The van der Waals surface area contributed by atoms with Crippen molar-refractivity contribution in [1.82, 2.24) is 4.72 Å². The van der Waals surface area contributed by atoms with Crippen molar-refractivity contribution >= 4 is 10.0 Å². The summed E-state index contributed by atoms with van der Waals surface area (Å²) in [6.45, 7) is 2.84. The Morgan fingerprint density at radius 3 is 2.75 bits per heavy atom. The molecule has 0 unspecified atom stereocenters. The van der Waals surface area contributed by atoms with Crippen molar-refractivity contribution in [3.63, 3.8) is 0 Å². The minimum absolute atomic E-state index is 0.284. The fourth-order valence-electron chi connectivity index (χ4n) is 1.31. The summed E-state index contributed by atoms with van der Waals surface area (Å²) < 4.78 is 26.2. The van der Waals surface area contributed by atoms with E-state index < -0.39 is 10.0 Å². The van der Waals surface area contributed by atoms with Crippen LogP contribution in [0.5, 0.6) is 0 Å². The molecule has 0 atom stereocenters. The van der Waals surface area contributed by atoms with E-state index in [9.17, 15) is 8.42 Å². The molecule has 1 rings (SSSR count). The molecule has 0 saturated heterocycles. The standard InChI is InChI=1S/C11H18N2O2S/c1-2-3-7-13-16(14,15)11-6-4-5-10(8-11)9-12/h4-6,8,13H,2-3,7,9,12H2,1H3. The van der Waals surface area contributed by atoms with Crippen LogP contribution in [0.25, 0.3) is 0 Å². The van der Waals surface area contributed by atoms with Gasteiger partial charge in [0, 0.05) is 13.1 Å². The van der Waals surface area contributed by atoms with E-state index >= 15 is 0 Å². The van der Waals surface area contributed by atoms with Crippen LogP contribution >= 0.6 is 0 Å². The summed E-state index contributed by atoms with van der Waals surface area (Å²) in [4.78, 5) is 0.284. The first kappa shape index (κ1) is 13.2. The number of nitrogens with two attached hydrogens (primary N) is 1. The lowest BCUT2D eigenvalue weighted by molar-refractivity contribution is 0.578. The number of benzene rings is 1. The largest absolute Gasteiger partial charge is 0.326 e. The third-order valence-electron chi connectivity index (χ3n) is 2.27. The van der Waals surface area contributed by atoms with Gasteiger partial charge in [0.1, 0.15) is 0 Å². The van der Waals surface area contributed by atoms with E-state index in [2.05, 4.69) is 4.72 Å². The molecule has 1 aromatic carbocycles. The molecule has 90 valence electrons. The van der Waals surface area contributed by atoms with E-state index in [1.807, 2.05) is 13.0 Å². The molecule has 0 aliphatic rings. The van der Waals surface area contributed by atoms with Crippen molar-refractivity contribution in [1.29, 1.82) is 0 Å². The molecule has 0 spiro atoms. The third-order valence-corrected chi connectivity index (χ3v) is 3.73. The normalized spacial score (nSPS) is 11.6. The third kappa shape index (κ3) is 3.59. The summed E-state index contributed by atoms with van der Waals surface area (Å²) in [5.41, 5.74) is 6.29. The zero-order valence-corrected chi connectivity index (χ0v) is 10.3. The SMILES string of the molecule is CCCCNS(=O)(=O)c1cccc(CN)c1. The molecule has 16 heavy (non-hydrogen) atoms. The van der Waals surface area contributed by atoms with E-state index in [0.717, 1.165) is 18.4 Å². The summed E-state index contributed by atoms with van der Waals surface area (Å²) in [5, 5.41) is 0. The highest BCUT2D eigenvalue weighted by atomic mass is 32.2. The summed E-state index contributed by atoms with van der Waals surface area (Å²) in [7, 11) is -3.37. The predicted octanol–water partition coefficient (Wildman–Crippen LogP) is 1.22. The molecule has 1 aromatic rings. The van der Waals surface area contributed by atoms with Gasteiger partial charge >= 0.3 is 0 Å². The Morgan fingerprint density at radius 2 is 2.12 bits per heavy atom. The van der Waals surface area contributed by atoms with Crippen molar-refractivity contribution in [2.24, 2.45) is 5.73 Å². The average molecular weight is 242 g/mol. The van der Waals surface area contributed by atoms with Gasteiger partial charge < -0.3 is 5.73 Å². The maximum atomic E-state index is 11.8. The predicted molar refractivity (Wildman–Crippen MR) is 64.4 cm³/mol. The second-order valence-corrected chi connectivity index (χ2v) is 5.37. The van der Waals surface area contributed by atoms with Gasteiger partial charge in [0.25, 0.3) is 0 Å². The van der Waals surface area contributed by atoms with Crippen LogP contribution in [-0.4, -0.2) is 15.0 Å². The highest BCUT2D eigenvalue weighted by molar-refractivity contribution is 7.89. The van der Waals surface area contributed by atoms with Crippen LogP contribution < -0.4 is 10.5 Å². The highest BCUT2D eigenvalue weighted by Crippen LogP contribution is 2.10. The van der Waals surface area contributed by atoms with Gasteiger partial charge in [-0.25, -0.2) is 13.1 Å². The monoisotopic (exact) mass is 242 g/mol. The fourth-order valence-corrected chi connectivity index (χ4v) is 2.45. The quantitative estimate of drug-likeness (QED) is 0.737. The molecular formula is C11H18N2O2S. The van der Waals surface area contributed by atoms with Gasteiger partial charge in [-0.2, -0.15) is 0 Å². The molecule has 5 heteroatoms. The molecule has 0 aliphatic carbocycles. The van der Waals surface area contributed by atoms with E-state index in [4.69, 9.17) is 5.73 Å². The topological polar surface area (TPSA) is 72.2 Å². The Kier molecular flexibility index (Phi) is 4.92. The molecule has 0 bridgehead atoms. The number of rotatable bonds is 6. The number of hydrogen-bond acceptors (Lipinski definition) is 3. The molecule has 0 amide bonds. The number of nitrogens with one attached hydrogen (secondary N) is 1. The second kappa shape index (κ2) is 5.98. The number of sulfonamides is 1. The van der Waals surface area contributed by atoms with Gasteiger partial charge in [0.05, 0.1) is 4.90 Å². The van der Waals surface area contributed by atoms with Gasteiger partial charge in [0.2, 0.25) is 10.0 Å². The lowest BCUT2D eigenvalue weighted by atomic mass is 10.2. The second-order valence-electron chi connectivity index (χ2n) is 3.60. The Hall–Kier alpha value is -0.910. The Morgan fingerprint density at radius 1 is 1.38 bits per heavy atom. The average Bonchev–Trinajstić information content (AvgIpc) is 2.29. The molecule has 3 N–H and O–H groups in total. The van der Waals surface area contributed by atoms with E-state index in [-0.39, 0.29) is 4.90 Å². The van der Waals surface area contributed by atoms with Crippen LogP contribution in [0.1, 0.15) is 25.3 Å². The van der Waals surface area contributed by atoms with Crippen molar-refractivity contribution in [2.45, 2.75) is 31.2 Å². The van der Waals surface area contributed by atoms with Crippen molar-refractivity contribution < 1.29 is 8.42 Å². The van der Waals surface area contributed by atoms with Crippen LogP contribution in [0.2, 0.25) is 0 Å². The van der Waals surface area contributed by atoms with Gasteiger partial charge in [0.15, 0.2) is 0 Å². The lowest BCUT2D eigenvalue weighted by Gasteiger charge is -2.07. The van der Waals surface area contributed by atoms with Crippen molar-refractivity contribution in [2.75, 3.05) is 6.54 Å². The van der Waals surface area contributed by atoms with Gasteiger partial charge in [-0.15, -0.1) is 0 Å². The molecular weight excluding hydrogens is 224 g/mol. The first-order valence-electron chi connectivity index (χ1n) is 5.39. The van der Waals surface area contributed by atoms with Crippen molar-refractivity contribution in [3.8, 4) is 0 Å². The van der Waals surface area contributed by atoms with E-state index in [1.54, 1.807) is 18.2 Å². The number of unbranched alkanes of at least 4 members (excludes halogenated alkanes) is 1. The maximum absolute atomic E-state index is 11.8. The zero-order valence-electron chi connectivity index (χ0n) is 9.44. The first-order valence-corrected chi connectivity index (χ1v) is 6.87. The molecule has 0 radical (unpaired) electrons. The van der Waals surface area contributed by atoms with Crippen LogP contribution in [0.4, 0.5) is 0 Å². The summed E-state index contributed by atoms with van der Waals surface area (Å²) in [5.74, 6) is 0. The minimum Gasteiger partial charge on any atom is -0.326 e. The molecule has 0 heterocycles. The zero-order chi connectivity index (χ0) is 12.0. The molecule has 0 aromatic heterocycles. The smallest absolute Gasteiger partial charge is 0.240 e. The molecule has 0 aliphatic heterocycles. The Labute approximate surface area is 96.9 Å². The van der Waals surface area contributed by atoms with Crippen LogP contribution in [0.3, 0.4) is 0 Å². The van der Waals surface area contributed by atoms with E-state index in [1.165, 1.54) is 0 Å². The Balaban J connectivity index is 2.81. The van der Waals surface area contributed by atoms with Crippen molar-refractivity contribution in [3.05, 3.63) is 29.8 Å². The maximum Gasteiger partial charge on any atom is 0.240 e. The van der Waals surface area contributed by atoms with Gasteiger partial charge in [-0.05, 0) is 24.1 Å². The minimum atomic E-state index is -3.37. The Bertz CT molecular complexity index is 429. The summed E-state index contributed by atoms with van der Waals surface area (Å²) in [6.07, 6.45) is 1.81. The fraction of sp³-hybridized carbons (Fsp3) is 0.455. The lowest BCUT2D eigenvalue weighted by Crippen LogP contribution is -2.24. The first-order chi connectivity index (χ1) is 7.60. The highest BCUT2D eigenvalue weighted by Gasteiger charge is 2.12. The summed E-state index contributed by atoms with van der Waals surface area (Å²) >= 11 is 0. The van der Waals surface area contributed by atoms with E-state index in [0.29, 0.717) is 13.1 Å².